The van der Waals surface area contributed by atoms with Crippen LogP contribution >= 0.6 is 0 Å². The van der Waals surface area contributed by atoms with Gasteiger partial charge in [-0.1, -0.05) is 27.2 Å². The van der Waals surface area contributed by atoms with Crippen LogP contribution in [-0.4, -0.2) is 26.3 Å². The minimum absolute atomic E-state index is 0.526. The van der Waals surface area contributed by atoms with Gasteiger partial charge in [-0.2, -0.15) is 0 Å². The van der Waals surface area contributed by atoms with Gasteiger partial charge in [-0.25, -0.2) is 0 Å². The van der Waals surface area contributed by atoms with Gasteiger partial charge >= 0.3 is 0 Å². The molecule has 1 heterocycles. The fourth-order valence-electron chi connectivity index (χ4n) is 2.30. The maximum absolute atomic E-state index is 5.48. The molecule has 0 aromatic heterocycles. The molecule has 0 saturated carbocycles. The Labute approximate surface area is 94.8 Å². The number of nitrogens with one attached hydrogen (secondary N) is 1. The molecule has 0 atom stereocenters. The molecule has 1 aliphatic heterocycles. The fourth-order valence-corrected chi connectivity index (χ4v) is 2.30. The Morgan fingerprint density at radius 3 is 2.47 bits per heavy atom. The first-order valence-corrected chi connectivity index (χ1v) is 6.47. The molecule has 2 heteroatoms. The zero-order chi connectivity index (χ0) is 11.1. The maximum atomic E-state index is 5.48. The van der Waals surface area contributed by atoms with Gasteiger partial charge in [0.05, 0.1) is 0 Å². The summed E-state index contributed by atoms with van der Waals surface area (Å²) in [6.45, 7) is 11.0. The first-order valence-electron chi connectivity index (χ1n) is 6.47. The van der Waals surface area contributed by atoms with Gasteiger partial charge in [0.25, 0.3) is 0 Å². The van der Waals surface area contributed by atoms with Gasteiger partial charge < -0.3 is 10.1 Å². The van der Waals surface area contributed by atoms with Crippen molar-refractivity contribution in [1.82, 2.24) is 5.32 Å². The Kier molecular flexibility index (Phi) is 5.62. The summed E-state index contributed by atoms with van der Waals surface area (Å²) in [6.07, 6.45) is 5.20. The summed E-state index contributed by atoms with van der Waals surface area (Å²) in [4.78, 5) is 0. The Balaban J connectivity index is 2.42. The van der Waals surface area contributed by atoms with E-state index in [-0.39, 0.29) is 0 Å². The van der Waals surface area contributed by atoms with E-state index in [1.165, 1.54) is 32.2 Å². The first-order chi connectivity index (χ1) is 7.18. The van der Waals surface area contributed by atoms with E-state index in [1.54, 1.807) is 0 Å². The lowest BCUT2D eigenvalue weighted by Crippen LogP contribution is -2.39. The van der Waals surface area contributed by atoms with Crippen LogP contribution in [-0.2, 0) is 4.74 Å². The number of hydrogen-bond acceptors (Lipinski definition) is 2. The summed E-state index contributed by atoms with van der Waals surface area (Å²) in [5.74, 6) is 0.825. The highest BCUT2D eigenvalue weighted by Crippen LogP contribution is 2.35. The van der Waals surface area contributed by atoms with E-state index in [0.717, 1.165) is 25.7 Å². The van der Waals surface area contributed by atoms with Crippen molar-refractivity contribution in [3.05, 3.63) is 0 Å². The predicted octanol–water partition coefficient (Wildman–Crippen LogP) is 2.83. The van der Waals surface area contributed by atoms with Gasteiger partial charge in [-0.15, -0.1) is 0 Å². The van der Waals surface area contributed by atoms with E-state index in [2.05, 4.69) is 26.1 Å². The third-order valence-corrected chi connectivity index (χ3v) is 3.56. The molecule has 1 aliphatic rings. The van der Waals surface area contributed by atoms with Crippen LogP contribution in [0.5, 0.6) is 0 Å². The van der Waals surface area contributed by atoms with E-state index in [0.29, 0.717) is 5.41 Å². The second kappa shape index (κ2) is 6.49. The number of rotatable bonds is 6. The third-order valence-electron chi connectivity index (χ3n) is 3.56. The molecule has 90 valence electrons. The van der Waals surface area contributed by atoms with Gasteiger partial charge in [0, 0.05) is 19.8 Å². The summed E-state index contributed by atoms with van der Waals surface area (Å²) in [5, 5.41) is 3.53. The zero-order valence-electron chi connectivity index (χ0n) is 10.6. The summed E-state index contributed by atoms with van der Waals surface area (Å²) in [6, 6.07) is 0. The molecule has 0 amide bonds. The van der Waals surface area contributed by atoms with Crippen LogP contribution in [0.4, 0.5) is 0 Å². The lowest BCUT2D eigenvalue weighted by molar-refractivity contribution is 0.00814. The predicted molar refractivity (Wildman–Crippen MR) is 65.1 cm³/mol. The molecular formula is C13H27NO. The third kappa shape index (κ3) is 4.52. The SMILES string of the molecule is CCNCC1(CCC(C)C)CCOCC1. The van der Waals surface area contributed by atoms with Gasteiger partial charge in [-0.05, 0) is 37.1 Å². The molecule has 0 spiro atoms. The zero-order valence-corrected chi connectivity index (χ0v) is 10.6. The van der Waals surface area contributed by atoms with Gasteiger partial charge in [-0.3, -0.25) is 0 Å². The van der Waals surface area contributed by atoms with Gasteiger partial charge in [0.1, 0.15) is 0 Å². The molecule has 1 rings (SSSR count). The van der Waals surface area contributed by atoms with Crippen molar-refractivity contribution in [2.45, 2.75) is 46.5 Å². The van der Waals surface area contributed by atoms with Crippen molar-refractivity contribution in [2.75, 3.05) is 26.3 Å². The molecule has 2 nitrogen and oxygen atoms in total. The van der Waals surface area contributed by atoms with Crippen LogP contribution in [0, 0.1) is 11.3 Å². The lowest BCUT2D eigenvalue weighted by Gasteiger charge is -2.38. The largest absolute Gasteiger partial charge is 0.381 e. The molecule has 1 fully saturated rings. The Morgan fingerprint density at radius 2 is 1.93 bits per heavy atom. The molecule has 15 heavy (non-hydrogen) atoms. The molecule has 1 saturated heterocycles. The monoisotopic (exact) mass is 213 g/mol. The molecule has 0 radical (unpaired) electrons. The highest BCUT2D eigenvalue weighted by molar-refractivity contribution is 4.84. The fraction of sp³-hybridized carbons (Fsp3) is 1.00. The van der Waals surface area contributed by atoms with Crippen LogP contribution in [0.2, 0.25) is 0 Å². The standard InChI is InChI=1S/C13H27NO/c1-4-14-11-13(6-5-12(2)3)7-9-15-10-8-13/h12,14H,4-11H2,1-3H3. The molecule has 0 bridgehead atoms. The molecule has 0 aliphatic carbocycles. The second-order valence-electron chi connectivity index (χ2n) is 5.33. The normalized spacial score (nSPS) is 20.8. The van der Waals surface area contributed by atoms with Crippen LogP contribution in [0.1, 0.15) is 46.5 Å². The quantitative estimate of drug-likeness (QED) is 0.732. The van der Waals surface area contributed by atoms with E-state index in [4.69, 9.17) is 4.74 Å². The summed E-state index contributed by atoms with van der Waals surface area (Å²) in [7, 11) is 0. The van der Waals surface area contributed by atoms with Crippen molar-refractivity contribution in [3.63, 3.8) is 0 Å². The van der Waals surface area contributed by atoms with E-state index < -0.39 is 0 Å². The van der Waals surface area contributed by atoms with Crippen molar-refractivity contribution >= 4 is 0 Å². The van der Waals surface area contributed by atoms with Crippen molar-refractivity contribution in [2.24, 2.45) is 11.3 Å². The molecular weight excluding hydrogens is 186 g/mol. The number of ether oxygens (including phenoxy) is 1. The summed E-state index contributed by atoms with van der Waals surface area (Å²) in [5.41, 5.74) is 0.526. The average Bonchev–Trinajstić information content (AvgIpc) is 2.25. The lowest BCUT2D eigenvalue weighted by atomic mass is 9.75. The molecule has 0 unspecified atom stereocenters. The van der Waals surface area contributed by atoms with Crippen LogP contribution in [0.3, 0.4) is 0 Å². The maximum Gasteiger partial charge on any atom is 0.0471 e. The van der Waals surface area contributed by atoms with Crippen LogP contribution in [0.25, 0.3) is 0 Å². The van der Waals surface area contributed by atoms with Crippen LogP contribution in [0.15, 0.2) is 0 Å². The Bertz CT molecular complexity index is 162. The van der Waals surface area contributed by atoms with Gasteiger partial charge in [0.15, 0.2) is 0 Å². The van der Waals surface area contributed by atoms with Gasteiger partial charge in [0.2, 0.25) is 0 Å². The van der Waals surface area contributed by atoms with Crippen molar-refractivity contribution in [1.29, 1.82) is 0 Å². The van der Waals surface area contributed by atoms with Crippen LogP contribution < -0.4 is 5.32 Å². The van der Waals surface area contributed by atoms with E-state index in [1.807, 2.05) is 0 Å². The Morgan fingerprint density at radius 1 is 1.27 bits per heavy atom. The second-order valence-corrected chi connectivity index (χ2v) is 5.33. The summed E-state index contributed by atoms with van der Waals surface area (Å²) < 4.78 is 5.48. The highest BCUT2D eigenvalue weighted by atomic mass is 16.5. The molecule has 0 aromatic rings. The first kappa shape index (κ1) is 13.0. The van der Waals surface area contributed by atoms with E-state index >= 15 is 0 Å². The highest BCUT2D eigenvalue weighted by Gasteiger charge is 2.31. The topological polar surface area (TPSA) is 21.3 Å². The average molecular weight is 213 g/mol. The molecule has 1 N–H and O–H groups in total. The molecule has 0 aromatic carbocycles. The Hall–Kier alpha value is -0.0800. The smallest absolute Gasteiger partial charge is 0.0471 e. The van der Waals surface area contributed by atoms with Crippen molar-refractivity contribution < 1.29 is 4.74 Å². The minimum atomic E-state index is 0.526. The number of hydrogen-bond donors (Lipinski definition) is 1. The van der Waals surface area contributed by atoms with Crippen molar-refractivity contribution in [3.8, 4) is 0 Å². The minimum Gasteiger partial charge on any atom is -0.381 e. The van der Waals surface area contributed by atoms with E-state index in [9.17, 15) is 0 Å². The summed E-state index contributed by atoms with van der Waals surface area (Å²) >= 11 is 0.